The highest BCUT2D eigenvalue weighted by atomic mass is 19.1. The van der Waals surface area contributed by atoms with Crippen molar-refractivity contribution in [1.29, 1.82) is 5.26 Å². The summed E-state index contributed by atoms with van der Waals surface area (Å²) in [5, 5.41) is 28.8. The molecule has 4 amide bonds. The number of nitrogens with one attached hydrogen (secondary N) is 3. The number of hydrogen-bond donors (Lipinski definition) is 4. The second kappa shape index (κ2) is 21.2. The number of amides is 4. The lowest BCUT2D eigenvalue weighted by atomic mass is 9.85. The van der Waals surface area contributed by atoms with Crippen molar-refractivity contribution in [3.05, 3.63) is 84.2 Å². The van der Waals surface area contributed by atoms with Crippen LogP contribution in [0, 0.1) is 22.6 Å². The summed E-state index contributed by atoms with van der Waals surface area (Å²) in [7, 11) is 1.41. The Kier molecular flexibility index (Phi) is 15.6. The van der Waals surface area contributed by atoms with Gasteiger partial charge < -0.3 is 35.6 Å². The topological polar surface area (TPSA) is 206 Å². The Hall–Kier alpha value is -6.51. The molecule has 2 aromatic carbocycles. The Labute approximate surface area is 373 Å². The summed E-state index contributed by atoms with van der Waals surface area (Å²) in [6, 6.07) is 14.3. The fraction of sp³-hybridized carbons (Fsp3) is 0.447. The number of aromatic nitrogens is 3. The maximum Gasteiger partial charge on any atom is 0.274 e. The van der Waals surface area contributed by atoms with Gasteiger partial charge in [-0.2, -0.15) is 5.26 Å². The zero-order valence-electron chi connectivity index (χ0n) is 37.1. The van der Waals surface area contributed by atoms with Crippen LogP contribution in [0.3, 0.4) is 0 Å². The van der Waals surface area contributed by atoms with Gasteiger partial charge in [-0.05, 0) is 73.6 Å². The highest BCUT2D eigenvalue weighted by Crippen LogP contribution is 2.35. The minimum absolute atomic E-state index is 0.00509. The number of anilines is 2. The summed E-state index contributed by atoms with van der Waals surface area (Å²) in [5.74, 6) is -1.39. The molecule has 338 valence electrons. The number of ether oxygens (including phenoxy) is 1. The molecule has 4 heterocycles. The highest BCUT2D eigenvalue weighted by Gasteiger charge is 2.40. The van der Waals surface area contributed by atoms with Gasteiger partial charge in [0.2, 0.25) is 17.7 Å². The predicted molar refractivity (Wildman–Crippen MR) is 240 cm³/mol. The molecule has 4 aromatic rings. The van der Waals surface area contributed by atoms with Gasteiger partial charge in [-0.1, -0.05) is 39.3 Å². The van der Waals surface area contributed by atoms with E-state index in [0.717, 1.165) is 12.0 Å². The normalized spacial score (nSPS) is 17.0. The van der Waals surface area contributed by atoms with Gasteiger partial charge in [-0.3, -0.25) is 29.1 Å². The highest BCUT2D eigenvalue weighted by molar-refractivity contribution is 6.05. The minimum Gasteiger partial charge on any atom is -0.496 e. The van der Waals surface area contributed by atoms with Gasteiger partial charge in [0, 0.05) is 75.9 Å². The molecule has 0 unspecified atom stereocenters. The first-order chi connectivity index (χ1) is 30.7. The molecule has 4 N–H and O–H groups in total. The van der Waals surface area contributed by atoms with Gasteiger partial charge >= 0.3 is 0 Å². The molecule has 2 aromatic heterocycles. The van der Waals surface area contributed by atoms with Crippen LogP contribution in [-0.2, 0) is 14.4 Å². The summed E-state index contributed by atoms with van der Waals surface area (Å²) in [4.78, 5) is 71.6. The Morgan fingerprint density at radius 3 is 2.50 bits per heavy atom. The monoisotopic (exact) mass is 876 g/mol. The Morgan fingerprint density at radius 2 is 1.80 bits per heavy atom. The maximum absolute atomic E-state index is 14.9. The molecule has 2 fully saturated rings. The standard InChI is InChI=1S/C47H57FN10O6/c1-30-24-33(59)28-58(30)46(63)43(47(2,3)4)55-40(60)12-7-6-8-17-51-41(61)29-56-20-22-57(23-21-56)38-25-31(34-27-50-18-15-32(34)26-49)13-14-36(38)54-45(62)37-16-19-52-44(53-37)42-35(48)10-9-11-39(42)64-5/h9-11,13-16,18-19,25,27,30,33,43,59H,6-8,12,17,20-24,28-29H2,1-5H3,(H,51,61)(H,54,62)(H,55,60)/t30-,33-,43-/m1/s1. The van der Waals surface area contributed by atoms with E-state index in [1.54, 1.807) is 41.6 Å². The number of benzene rings is 2. The van der Waals surface area contributed by atoms with Gasteiger partial charge in [0.15, 0.2) is 5.82 Å². The van der Waals surface area contributed by atoms with Crippen LogP contribution in [0.1, 0.15) is 75.9 Å². The SMILES string of the molecule is COc1cccc(F)c1-c1nccc(C(=O)Nc2ccc(-c3cnccc3C#N)cc2N2CCN(CC(=O)NCCCCCC(=O)N[C@H](C(=O)N3C[C@H](O)C[C@H]3C)C(C)(C)C)CC2)n1. The van der Waals surface area contributed by atoms with E-state index in [1.165, 1.54) is 31.5 Å². The van der Waals surface area contributed by atoms with Crippen LogP contribution in [0.5, 0.6) is 5.75 Å². The Balaban J connectivity index is 1.02. The molecule has 0 saturated carbocycles. The number of unbranched alkanes of at least 4 members (excludes halogenated alkanes) is 2. The van der Waals surface area contributed by atoms with Crippen molar-refractivity contribution in [2.75, 3.05) is 63.1 Å². The van der Waals surface area contributed by atoms with E-state index in [2.05, 4.69) is 46.8 Å². The number of methoxy groups -OCH3 is 1. The molecule has 2 aliphatic rings. The van der Waals surface area contributed by atoms with Crippen molar-refractivity contribution in [2.24, 2.45) is 5.41 Å². The molecule has 16 nitrogen and oxygen atoms in total. The summed E-state index contributed by atoms with van der Waals surface area (Å²) in [6.45, 7) is 10.8. The zero-order chi connectivity index (χ0) is 46.0. The number of likely N-dealkylation sites (tertiary alicyclic amines) is 1. The number of nitriles is 1. The van der Waals surface area contributed by atoms with Crippen LogP contribution < -0.4 is 25.6 Å². The number of halogens is 1. The van der Waals surface area contributed by atoms with Gasteiger partial charge in [0.05, 0.1) is 48.3 Å². The van der Waals surface area contributed by atoms with Crippen molar-refractivity contribution in [3.63, 3.8) is 0 Å². The number of pyridine rings is 1. The number of piperazine rings is 1. The Morgan fingerprint density at radius 1 is 1.02 bits per heavy atom. The second-order valence-corrected chi connectivity index (χ2v) is 17.3. The van der Waals surface area contributed by atoms with E-state index in [-0.39, 0.29) is 66.1 Å². The van der Waals surface area contributed by atoms with Crippen molar-refractivity contribution >= 4 is 35.0 Å². The first-order valence-electron chi connectivity index (χ1n) is 21.6. The number of carbonyl (C=O) groups is 4. The lowest BCUT2D eigenvalue weighted by Crippen LogP contribution is -2.55. The first kappa shape index (κ1) is 47.0. The molecule has 2 aliphatic heterocycles. The molecule has 0 aliphatic carbocycles. The third kappa shape index (κ3) is 11.7. The van der Waals surface area contributed by atoms with Gasteiger partial charge in [0.1, 0.15) is 23.3 Å². The Bertz CT molecular complexity index is 2360. The number of β-amino-alcohol motifs (C(OH)–C–C–N with tert-alkyl or cyclic N) is 1. The maximum atomic E-state index is 14.9. The third-order valence-corrected chi connectivity index (χ3v) is 11.5. The molecule has 0 spiro atoms. The van der Waals surface area contributed by atoms with Crippen LogP contribution in [0.25, 0.3) is 22.5 Å². The average Bonchev–Trinajstić information content (AvgIpc) is 3.63. The number of rotatable bonds is 16. The summed E-state index contributed by atoms with van der Waals surface area (Å²) in [6.07, 6.45) is 6.82. The zero-order valence-corrected chi connectivity index (χ0v) is 37.1. The second-order valence-electron chi connectivity index (χ2n) is 17.3. The summed E-state index contributed by atoms with van der Waals surface area (Å²) < 4.78 is 20.2. The average molecular weight is 877 g/mol. The van der Waals surface area contributed by atoms with Crippen LogP contribution in [0.2, 0.25) is 0 Å². The molecule has 0 radical (unpaired) electrons. The molecular formula is C47H57FN10O6. The van der Waals surface area contributed by atoms with Crippen LogP contribution in [0.4, 0.5) is 15.8 Å². The van der Waals surface area contributed by atoms with Crippen LogP contribution >= 0.6 is 0 Å². The predicted octanol–water partition coefficient (Wildman–Crippen LogP) is 4.79. The molecule has 64 heavy (non-hydrogen) atoms. The summed E-state index contributed by atoms with van der Waals surface area (Å²) >= 11 is 0. The fourth-order valence-electron chi connectivity index (χ4n) is 8.05. The number of carbonyl (C=O) groups excluding carboxylic acids is 4. The van der Waals surface area contributed by atoms with Gasteiger partial charge in [0.25, 0.3) is 5.91 Å². The third-order valence-electron chi connectivity index (χ3n) is 11.5. The van der Waals surface area contributed by atoms with Crippen molar-refractivity contribution in [2.45, 2.75) is 78.0 Å². The fourth-order valence-corrected chi connectivity index (χ4v) is 8.05. The summed E-state index contributed by atoms with van der Waals surface area (Å²) in [5.41, 5.74) is 2.55. The lowest BCUT2D eigenvalue weighted by molar-refractivity contribution is -0.140. The van der Waals surface area contributed by atoms with Crippen LogP contribution in [0.15, 0.2) is 67.1 Å². The molecule has 2 saturated heterocycles. The van der Waals surface area contributed by atoms with E-state index in [1.807, 2.05) is 33.8 Å². The van der Waals surface area contributed by atoms with E-state index >= 15 is 0 Å². The molecule has 17 heteroatoms. The smallest absolute Gasteiger partial charge is 0.274 e. The van der Waals surface area contributed by atoms with E-state index < -0.39 is 29.3 Å². The first-order valence-corrected chi connectivity index (χ1v) is 21.6. The number of nitrogens with zero attached hydrogens (tertiary/aromatic N) is 7. The lowest BCUT2D eigenvalue weighted by Gasteiger charge is -2.36. The molecular weight excluding hydrogens is 820 g/mol. The largest absolute Gasteiger partial charge is 0.496 e. The quantitative estimate of drug-likeness (QED) is 0.112. The minimum atomic E-state index is -0.698. The number of aliphatic hydroxyl groups is 1. The van der Waals surface area contributed by atoms with Crippen molar-refractivity contribution in [1.82, 2.24) is 35.4 Å². The van der Waals surface area contributed by atoms with Gasteiger partial charge in [-0.15, -0.1) is 0 Å². The molecule has 6 rings (SSSR count). The van der Waals surface area contributed by atoms with E-state index in [4.69, 9.17) is 4.74 Å². The molecule has 0 bridgehead atoms. The number of hydrogen-bond acceptors (Lipinski definition) is 12. The van der Waals surface area contributed by atoms with Crippen molar-refractivity contribution in [3.8, 4) is 34.3 Å². The van der Waals surface area contributed by atoms with E-state index in [9.17, 15) is 33.9 Å². The number of aliphatic hydroxyl groups excluding tert-OH is 1. The molecule has 3 atom stereocenters. The van der Waals surface area contributed by atoms with Gasteiger partial charge in [-0.25, -0.2) is 14.4 Å². The van der Waals surface area contributed by atoms with Crippen LogP contribution in [-0.4, -0.2) is 125 Å². The van der Waals surface area contributed by atoms with E-state index in [0.29, 0.717) is 74.5 Å². The van der Waals surface area contributed by atoms with Crippen molar-refractivity contribution < 1.29 is 33.4 Å².